The van der Waals surface area contributed by atoms with E-state index in [1.54, 1.807) is 11.3 Å². The van der Waals surface area contributed by atoms with Crippen molar-refractivity contribution in [3.8, 4) is 5.19 Å². The van der Waals surface area contributed by atoms with Crippen LogP contribution in [0.15, 0.2) is 24.3 Å². The van der Waals surface area contributed by atoms with E-state index in [9.17, 15) is 0 Å². The van der Waals surface area contributed by atoms with Crippen LogP contribution in [0, 0.1) is 0 Å². The third-order valence-corrected chi connectivity index (χ3v) is 2.49. The van der Waals surface area contributed by atoms with Crippen molar-refractivity contribution in [1.82, 2.24) is 4.98 Å². The van der Waals surface area contributed by atoms with Gasteiger partial charge in [-0.15, -0.1) is 0 Å². The van der Waals surface area contributed by atoms with Gasteiger partial charge in [-0.1, -0.05) is 23.5 Å². The van der Waals surface area contributed by atoms with Crippen molar-refractivity contribution in [2.24, 2.45) is 0 Å². The quantitative estimate of drug-likeness (QED) is 0.707. The summed E-state index contributed by atoms with van der Waals surface area (Å²) in [6.45, 7) is 2.64. The Labute approximate surface area is 74.8 Å². The van der Waals surface area contributed by atoms with Gasteiger partial charge in [-0.3, -0.25) is 0 Å². The van der Waals surface area contributed by atoms with Crippen LogP contribution in [-0.2, 0) is 0 Å². The lowest BCUT2D eigenvalue weighted by Crippen LogP contribution is -1.88. The first-order valence-electron chi connectivity index (χ1n) is 3.88. The third kappa shape index (κ3) is 1.28. The highest BCUT2D eigenvalue weighted by atomic mass is 32.1. The lowest BCUT2D eigenvalue weighted by molar-refractivity contribution is 0.339. The molecule has 0 aliphatic rings. The minimum atomic E-state index is 0.680. The number of ether oxygens (including phenoxy) is 1. The van der Waals surface area contributed by atoms with E-state index in [-0.39, 0.29) is 0 Å². The van der Waals surface area contributed by atoms with Crippen LogP contribution < -0.4 is 4.74 Å². The largest absolute Gasteiger partial charge is 0.470 e. The number of fused-ring (bicyclic) bond motifs is 1. The van der Waals surface area contributed by atoms with Crippen molar-refractivity contribution < 1.29 is 4.74 Å². The summed E-state index contributed by atoms with van der Waals surface area (Å²) in [5.74, 6) is 0. The molecule has 62 valence electrons. The fraction of sp³-hybridized carbons (Fsp3) is 0.222. The van der Waals surface area contributed by atoms with Crippen LogP contribution >= 0.6 is 11.3 Å². The molecule has 12 heavy (non-hydrogen) atoms. The molecule has 0 spiro atoms. The second-order valence-electron chi connectivity index (χ2n) is 2.38. The molecule has 2 rings (SSSR count). The summed E-state index contributed by atoms with van der Waals surface area (Å²) in [5.41, 5.74) is 1.02. The Kier molecular flexibility index (Phi) is 1.96. The molecule has 0 radical (unpaired) electrons. The summed E-state index contributed by atoms with van der Waals surface area (Å²) < 4.78 is 6.48. The van der Waals surface area contributed by atoms with Gasteiger partial charge < -0.3 is 4.74 Å². The highest BCUT2D eigenvalue weighted by molar-refractivity contribution is 7.20. The molecule has 0 N–H and O–H groups in total. The Morgan fingerprint density at radius 3 is 3.00 bits per heavy atom. The molecule has 0 saturated heterocycles. The van der Waals surface area contributed by atoms with Crippen molar-refractivity contribution in [1.29, 1.82) is 0 Å². The highest BCUT2D eigenvalue weighted by Gasteiger charge is 2.01. The normalized spacial score (nSPS) is 10.4. The summed E-state index contributed by atoms with van der Waals surface area (Å²) in [6.07, 6.45) is 0. The van der Waals surface area contributed by atoms with Gasteiger partial charge in [-0.25, -0.2) is 4.98 Å². The molecule has 0 saturated carbocycles. The summed E-state index contributed by atoms with van der Waals surface area (Å²) in [5, 5.41) is 0.763. The number of nitrogens with zero attached hydrogens (tertiary/aromatic N) is 1. The van der Waals surface area contributed by atoms with Crippen LogP contribution in [0.2, 0.25) is 0 Å². The number of benzene rings is 1. The minimum absolute atomic E-state index is 0.680. The molecule has 3 heteroatoms. The second-order valence-corrected chi connectivity index (χ2v) is 3.37. The first-order chi connectivity index (χ1) is 5.90. The third-order valence-electron chi connectivity index (χ3n) is 1.54. The zero-order valence-corrected chi connectivity index (χ0v) is 7.60. The van der Waals surface area contributed by atoms with E-state index in [1.165, 1.54) is 4.70 Å². The maximum atomic E-state index is 5.30. The summed E-state index contributed by atoms with van der Waals surface area (Å²) in [6, 6.07) is 8.04. The van der Waals surface area contributed by atoms with E-state index in [4.69, 9.17) is 4.74 Å². The van der Waals surface area contributed by atoms with Gasteiger partial charge in [0.05, 0.1) is 16.8 Å². The number of hydrogen-bond acceptors (Lipinski definition) is 3. The fourth-order valence-electron chi connectivity index (χ4n) is 1.04. The fourth-order valence-corrected chi connectivity index (χ4v) is 1.91. The first-order valence-corrected chi connectivity index (χ1v) is 4.70. The van der Waals surface area contributed by atoms with E-state index < -0.39 is 0 Å². The second kappa shape index (κ2) is 3.11. The molecule has 0 amide bonds. The molecule has 2 aromatic rings. The Hall–Kier alpha value is -1.09. The van der Waals surface area contributed by atoms with Gasteiger partial charge in [0.2, 0.25) is 0 Å². The smallest absolute Gasteiger partial charge is 0.274 e. The molecule has 0 fully saturated rings. The van der Waals surface area contributed by atoms with E-state index >= 15 is 0 Å². The lowest BCUT2D eigenvalue weighted by atomic mass is 10.3. The average molecular weight is 179 g/mol. The number of hydrogen-bond donors (Lipinski definition) is 0. The summed E-state index contributed by atoms with van der Waals surface area (Å²) in [4.78, 5) is 4.30. The SMILES string of the molecule is CCOc1nc2ccccc2s1. The van der Waals surface area contributed by atoms with E-state index in [0.717, 1.165) is 10.7 Å². The summed E-state index contributed by atoms with van der Waals surface area (Å²) in [7, 11) is 0. The maximum absolute atomic E-state index is 5.30. The van der Waals surface area contributed by atoms with Gasteiger partial charge in [-0.2, -0.15) is 0 Å². The molecule has 0 aliphatic heterocycles. The van der Waals surface area contributed by atoms with Crippen molar-refractivity contribution in [2.45, 2.75) is 6.92 Å². The van der Waals surface area contributed by atoms with Gasteiger partial charge >= 0.3 is 0 Å². The van der Waals surface area contributed by atoms with E-state index in [1.807, 2.05) is 25.1 Å². The zero-order chi connectivity index (χ0) is 8.39. The van der Waals surface area contributed by atoms with E-state index in [0.29, 0.717) is 6.61 Å². The summed E-state index contributed by atoms with van der Waals surface area (Å²) >= 11 is 1.59. The first kappa shape index (κ1) is 7.55. The number of thiazole rings is 1. The molecule has 2 nitrogen and oxygen atoms in total. The van der Waals surface area contributed by atoms with Gasteiger partial charge in [0.15, 0.2) is 0 Å². The van der Waals surface area contributed by atoms with Crippen molar-refractivity contribution >= 4 is 21.6 Å². The molecule has 0 unspecified atom stereocenters. The molecule has 0 aliphatic carbocycles. The van der Waals surface area contributed by atoms with Crippen molar-refractivity contribution in [2.75, 3.05) is 6.61 Å². The maximum Gasteiger partial charge on any atom is 0.274 e. The predicted octanol–water partition coefficient (Wildman–Crippen LogP) is 2.70. The number of rotatable bonds is 2. The van der Waals surface area contributed by atoms with Crippen LogP contribution in [0.4, 0.5) is 0 Å². The number of aromatic nitrogens is 1. The van der Waals surface area contributed by atoms with Gasteiger partial charge in [0.25, 0.3) is 5.19 Å². The Morgan fingerprint density at radius 2 is 2.25 bits per heavy atom. The number of para-hydroxylation sites is 1. The van der Waals surface area contributed by atoms with Crippen molar-refractivity contribution in [3.05, 3.63) is 24.3 Å². The van der Waals surface area contributed by atoms with Gasteiger partial charge in [-0.05, 0) is 19.1 Å². The van der Waals surface area contributed by atoms with Crippen LogP contribution in [0.3, 0.4) is 0 Å². The molecule has 0 atom stereocenters. The van der Waals surface area contributed by atoms with Crippen LogP contribution in [-0.4, -0.2) is 11.6 Å². The molecule has 0 bridgehead atoms. The Balaban J connectivity index is 2.47. The molecule has 1 heterocycles. The standard InChI is InChI=1S/C9H9NOS/c1-2-11-9-10-7-5-3-4-6-8(7)12-9/h3-6H,2H2,1H3. The molecule has 1 aromatic heterocycles. The van der Waals surface area contributed by atoms with Crippen LogP contribution in [0.5, 0.6) is 5.19 Å². The minimum Gasteiger partial charge on any atom is -0.470 e. The molecule has 1 aromatic carbocycles. The lowest BCUT2D eigenvalue weighted by Gasteiger charge is -1.92. The van der Waals surface area contributed by atoms with Crippen molar-refractivity contribution in [3.63, 3.8) is 0 Å². The Bertz CT molecular complexity index is 350. The molecular formula is C9H9NOS. The highest BCUT2D eigenvalue weighted by Crippen LogP contribution is 2.26. The average Bonchev–Trinajstić information content (AvgIpc) is 2.47. The monoisotopic (exact) mass is 179 g/mol. The van der Waals surface area contributed by atoms with E-state index in [2.05, 4.69) is 11.1 Å². The predicted molar refractivity (Wildman–Crippen MR) is 50.8 cm³/mol. The Morgan fingerprint density at radius 1 is 1.42 bits per heavy atom. The van der Waals surface area contributed by atoms with Crippen LogP contribution in [0.25, 0.3) is 10.2 Å². The topological polar surface area (TPSA) is 22.1 Å². The van der Waals surface area contributed by atoms with Gasteiger partial charge in [0, 0.05) is 0 Å². The molecular weight excluding hydrogens is 170 g/mol. The zero-order valence-electron chi connectivity index (χ0n) is 6.78. The van der Waals surface area contributed by atoms with Crippen LogP contribution in [0.1, 0.15) is 6.92 Å². The van der Waals surface area contributed by atoms with Gasteiger partial charge in [0.1, 0.15) is 0 Å².